The van der Waals surface area contributed by atoms with Crippen molar-refractivity contribution in [1.29, 1.82) is 0 Å². The Morgan fingerprint density at radius 1 is 0.924 bits per heavy atom. The van der Waals surface area contributed by atoms with Gasteiger partial charge in [-0.1, -0.05) is 62.1 Å². The van der Waals surface area contributed by atoms with Crippen LogP contribution in [0.3, 0.4) is 0 Å². The Hall–Kier alpha value is -3.75. The van der Waals surface area contributed by atoms with Crippen LogP contribution in [0.4, 0.5) is 5.82 Å². The smallest absolute Gasteiger partial charge is 0.481 e. The SMILES string of the molecule is CC(C)(COP(=O)(O)OP(=O)(O)OCC1OC(n2cnc3c(N)ncnc32)C(O)C1OP(=O)(O)O)C(O)C(=O)NCCC(=O)NCCSC(=O)CCC/C=C/C/C=C/C/C=C/CCC(=O)O. The fraction of sp³-hybridized carbons (Fsp3) is 0.583. The van der Waals surface area contributed by atoms with Gasteiger partial charge in [-0.3, -0.25) is 37.3 Å². The number of nitrogen functional groups attached to an aromatic ring is 1. The summed E-state index contributed by atoms with van der Waals surface area (Å²) < 4.78 is 62.3. The van der Waals surface area contributed by atoms with Crippen LogP contribution >= 0.6 is 35.2 Å². The molecule has 0 bridgehead atoms. The second kappa shape index (κ2) is 26.7. The van der Waals surface area contributed by atoms with Crippen LogP contribution in [0.15, 0.2) is 49.1 Å². The Kier molecular flexibility index (Phi) is 22.9. The zero-order chi connectivity index (χ0) is 49.1. The van der Waals surface area contributed by atoms with Gasteiger partial charge in [0.15, 0.2) is 22.8 Å². The number of nitrogens with two attached hydrogens (primary N) is 1. The number of ether oxygens (including phenoxy) is 1. The molecule has 1 fully saturated rings. The van der Waals surface area contributed by atoms with Crippen molar-refractivity contribution in [3.05, 3.63) is 49.1 Å². The molecule has 2 amide bonds. The minimum absolute atomic E-state index is 0.0239. The van der Waals surface area contributed by atoms with E-state index in [1.807, 2.05) is 36.5 Å². The normalized spacial score (nSPS) is 20.5. The van der Waals surface area contributed by atoms with Crippen molar-refractivity contribution in [2.24, 2.45) is 5.41 Å². The molecule has 3 heterocycles. The number of anilines is 1. The first kappa shape index (κ1) is 56.6. The average molecular weight is 1020 g/mol. The van der Waals surface area contributed by atoms with Crippen molar-refractivity contribution < 1.29 is 90.4 Å². The first-order valence-corrected chi connectivity index (χ1v) is 25.6. The van der Waals surface area contributed by atoms with E-state index < -0.39 is 90.5 Å². The van der Waals surface area contributed by atoms with Crippen LogP contribution in [0.1, 0.15) is 71.4 Å². The number of allylic oxidation sites excluding steroid dienone is 6. The number of nitrogens with zero attached hydrogens (tertiary/aromatic N) is 4. The van der Waals surface area contributed by atoms with Gasteiger partial charge in [0, 0.05) is 43.5 Å². The molecule has 26 nitrogen and oxygen atoms in total. The van der Waals surface area contributed by atoms with E-state index in [0.717, 1.165) is 48.2 Å². The third kappa shape index (κ3) is 20.2. The van der Waals surface area contributed by atoms with E-state index in [2.05, 4.69) is 34.4 Å². The number of fused-ring (bicyclic) bond motifs is 1. The second-order valence-electron chi connectivity index (χ2n) is 15.0. The van der Waals surface area contributed by atoms with Crippen LogP contribution < -0.4 is 16.4 Å². The third-order valence-corrected chi connectivity index (χ3v) is 13.1. The molecule has 0 radical (unpaired) electrons. The Bertz CT molecular complexity index is 2190. The number of phosphoric acid groups is 3. The predicted octanol–water partition coefficient (Wildman–Crippen LogP) is 2.15. The van der Waals surface area contributed by atoms with Gasteiger partial charge in [0.25, 0.3) is 0 Å². The predicted molar refractivity (Wildman–Crippen MR) is 234 cm³/mol. The quantitative estimate of drug-likeness (QED) is 0.0304. The highest BCUT2D eigenvalue weighted by Crippen LogP contribution is 2.61. The van der Waals surface area contributed by atoms with E-state index in [0.29, 0.717) is 25.0 Å². The van der Waals surface area contributed by atoms with Gasteiger partial charge >= 0.3 is 29.4 Å². The van der Waals surface area contributed by atoms with Crippen LogP contribution in [0.25, 0.3) is 11.2 Å². The lowest BCUT2D eigenvalue weighted by Crippen LogP contribution is -2.46. The number of imidazole rings is 1. The minimum Gasteiger partial charge on any atom is -0.481 e. The number of carboxylic acids is 1. The molecule has 11 N–H and O–H groups in total. The molecule has 1 saturated heterocycles. The van der Waals surface area contributed by atoms with Crippen LogP contribution in [-0.4, -0.2) is 134 Å². The van der Waals surface area contributed by atoms with Gasteiger partial charge in [0.1, 0.15) is 36.3 Å². The van der Waals surface area contributed by atoms with E-state index in [1.165, 1.54) is 13.8 Å². The lowest BCUT2D eigenvalue weighted by Gasteiger charge is -2.30. The maximum atomic E-state index is 12.7. The monoisotopic (exact) mass is 1020 g/mol. The van der Waals surface area contributed by atoms with Crippen molar-refractivity contribution >= 4 is 75.1 Å². The second-order valence-corrected chi connectivity index (χ2v) is 20.4. The molecule has 2 aromatic heterocycles. The van der Waals surface area contributed by atoms with Crippen LogP contribution in [0, 0.1) is 5.41 Å². The Labute approximate surface area is 382 Å². The maximum Gasteiger partial charge on any atom is 0.481 e. The fourth-order valence-corrected chi connectivity index (χ4v) is 9.27. The van der Waals surface area contributed by atoms with E-state index in [9.17, 15) is 62.7 Å². The lowest BCUT2D eigenvalue weighted by atomic mass is 9.87. The number of carbonyl (C=O) groups excluding carboxylic acids is 3. The zero-order valence-corrected chi connectivity index (χ0v) is 39.3. The van der Waals surface area contributed by atoms with E-state index in [1.54, 1.807) is 0 Å². The number of aromatic nitrogens is 4. The third-order valence-electron chi connectivity index (χ3n) is 9.09. The summed E-state index contributed by atoms with van der Waals surface area (Å²) >= 11 is 1.08. The van der Waals surface area contributed by atoms with Gasteiger partial charge in [-0.25, -0.2) is 28.6 Å². The number of amides is 2. The number of aliphatic hydroxyl groups excluding tert-OH is 2. The highest BCUT2D eigenvalue weighted by atomic mass is 32.2. The van der Waals surface area contributed by atoms with Gasteiger partial charge in [0.2, 0.25) is 11.8 Å². The molecule has 7 atom stereocenters. The molecular formula is C36H56N7O19P3S. The van der Waals surface area contributed by atoms with Gasteiger partial charge in [0.05, 0.1) is 19.5 Å². The molecule has 66 heavy (non-hydrogen) atoms. The molecule has 0 aromatic carbocycles. The number of unbranched alkanes of at least 4 members (excludes halogenated alkanes) is 1. The number of phosphoric ester groups is 3. The van der Waals surface area contributed by atoms with Crippen molar-refractivity contribution in [3.8, 4) is 0 Å². The molecule has 2 aromatic rings. The van der Waals surface area contributed by atoms with Gasteiger partial charge in [-0.2, -0.15) is 4.31 Å². The van der Waals surface area contributed by atoms with Gasteiger partial charge in [-0.05, 0) is 32.1 Å². The molecule has 0 spiro atoms. The number of carbonyl (C=O) groups is 4. The minimum atomic E-state index is -5.59. The zero-order valence-electron chi connectivity index (χ0n) is 35.8. The molecule has 3 rings (SSSR count). The highest BCUT2D eigenvalue weighted by molar-refractivity contribution is 8.13. The van der Waals surface area contributed by atoms with Crippen molar-refractivity contribution in [3.63, 3.8) is 0 Å². The van der Waals surface area contributed by atoms with Crippen molar-refractivity contribution in [1.82, 2.24) is 30.2 Å². The molecule has 1 aliphatic heterocycles. The van der Waals surface area contributed by atoms with Crippen LogP contribution in [0.2, 0.25) is 0 Å². The largest absolute Gasteiger partial charge is 0.481 e. The topological polar surface area (TPSA) is 401 Å². The number of nitrogens with one attached hydrogen (secondary N) is 2. The lowest BCUT2D eigenvalue weighted by molar-refractivity contribution is -0.137. The van der Waals surface area contributed by atoms with E-state index >= 15 is 0 Å². The summed E-state index contributed by atoms with van der Waals surface area (Å²) in [5, 5.41) is 35.1. The number of carboxylic acid groups (broad SMARTS) is 1. The first-order valence-electron chi connectivity index (χ1n) is 20.1. The molecule has 30 heteroatoms. The Morgan fingerprint density at radius 3 is 2.24 bits per heavy atom. The van der Waals surface area contributed by atoms with E-state index in [4.69, 9.17) is 24.6 Å². The number of rotatable bonds is 30. The van der Waals surface area contributed by atoms with Gasteiger partial charge in [-0.15, -0.1) is 0 Å². The summed E-state index contributed by atoms with van der Waals surface area (Å²) in [6.07, 6.45) is 8.57. The maximum absolute atomic E-state index is 12.7. The van der Waals surface area contributed by atoms with Crippen molar-refractivity contribution in [2.75, 3.05) is 37.8 Å². The summed E-state index contributed by atoms with van der Waals surface area (Å²) in [4.78, 5) is 98.6. The number of thioether (sulfide) groups is 1. The number of aliphatic carboxylic acids is 1. The molecule has 370 valence electrons. The van der Waals surface area contributed by atoms with Crippen molar-refractivity contribution in [2.45, 2.75) is 95.9 Å². The summed E-state index contributed by atoms with van der Waals surface area (Å²) in [7, 11) is -16.4. The molecular weight excluding hydrogens is 959 g/mol. The Morgan fingerprint density at radius 2 is 1.58 bits per heavy atom. The summed E-state index contributed by atoms with van der Waals surface area (Å²) in [5.41, 5.74) is 4.24. The average Bonchev–Trinajstić information content (AvgIpc) is 3.79. The highest BCUT2D eigenvalue weighted by Gasteiger charge is 2.50. The molecule has 7 unspecified atom stereocenters. The van der Waals surface area contributed by atoms with Gasteiger partial charge < -0.3 is 56.0 Å². The number of aliphatic hydroxyl groups is 2. The number of hydrogen-bond acceptors (Lipinski definition) is 19. The first-order chi connectivity index (χ1) is 30.9. The van der Waals surface area contributed by atoms with Crippen LogP contribution in [-0.2, 0) is 55.5 Å². The molecule has 0 saturated carbocycles. The summed E-state index contributed by atoms with van der Waals surface area (Å²) in [6.45, 7) is 0.426. The summed E-state index contributed by atoms with van der Waals surface area (Å²) in [5.74, 6) is -1.98. The number of hydrogen-bond donors (Lipinski definition) is 10. The fourth-order valence-electron chi connectivity index (χ4n) is 5.72. The summed E-state index contributed by atoms with van der Waals surface area (Å²) in [6, 6.07) is 0. The van der Waals surface area contributed by atoms with Crippen LogP contribution in [0.5, 0.6) is 0 Å². The molecule has 1 aliphatic rings. The standard InChI is InChI=1S/C36H56N7O19P3S/c1-36(2,31(49)34(50)39-17-16-25(44)38-18-19-66-27(47)15-13-11-9-7-5-3-4-6-8-10-12-14-26(45)46)21-59-65(56,57)62-64(54,55)58-20-24-30(61-63(51,52)53)29(48)35(60-24)43-23-42-28-32(37)40-22-41-33(28)43/h3-4,7-10,22-24,29-31,35,48-49H,5-6,11-21H2,1-2H3,(H,38,44)(H,39,50)(H,45,46)(H,54,55)(H,56,57)(H2,37,40,41)(H2,51,52,53)/b4-3+,9-7+,10-8+. The Balaban J connectivity index is 1.34. The molecule has 0 aliphatic carbocycles. The van der Waals surface area contributed by atoms with E-state index in [-0.39, 0.29) is 48.0 Å².